The average Bonchev–Trinajstić information content (AvgIpc) is 2.21. The van der Waals surface area contributed by atoms with Gasteiger partial charge in [-0.3, -0.25) is 4.79 Å². The fourth-order valence-corrected chi connectivity index (χ4v) is 1.58. The summed E-state index contributed by atoms with van der Waals surface area (Å²) < 4.78 is 5.51. The molecule has 0 aromatic heterocycles. The lowest BCUT2D eigenvalue weighted by atomic mass is 10.0. The number of aryl methyl sites for hydroxylation is 3. The highest BCUT2D eigenvalue weighted by Gasteiger charge is 2.08. The van der Waals surface area contributed by atoms with Crippen molar-refractivity contribution in [2.75, 3.05) is 6.61 Å². The standard InChI is InChI=1S/C13H18O3/c1-4-16-12-8-10(3)9(2)7-11(12)5-6-13(14)15/h7-8H,4-6H2,1-3H3,(H,14,15). The Morgan fingerprint density at radius 1 is 1.31 bits per heavy atom. The van der Waals surface area contributed by atoms with Crippen LogP contribution in [-0.4, -0.2) is 17.7 Å². The van der Waals surface area contributed by atoms with Gasteiger partial charge in [-0.15, -0.1) is 0 Å². The molecule has 0 amide bonds. The highest BCUT2D eigenvalue weighted by Crippen LogP contribution is 2.24. The first-order chi connectivity index (χ1) is 7.54. The molecule has 0 aliphatic carbocycles. The molecule has 0 aliphatic heterocycles. The van der Waals surface area contributed by atoms with Crippen LogP contribution in [0.5, 0.6) is 5.75 Å². The van der Waals surface area contributed by atoms with Gasteiger partial charge in [0.1, 0.15) is 5.75 Å². The van der Waals surface area contributed by atoms with E-state index in [-0.39, 0.29) is 6.42 Å². The van der Waals surface area contributed by atoms with Crippen molar-refractivity contribution in [2.45, 2.75) is 33.6 Å². The van der Waals surface area contributed by atoms with Crippen molar-refractivity contribution >= 4 is 5.97 Å². The smallest absolute Gasteiger partial charge is 0.303 e. The minimum atomic E-state index is -0.777. The summed E-state index contributed by atoms with van der Waals surface area (Å²) in [4.78, 5) is 10.6. The molecule has 0 unspecified atom stereocenters. The van der Waals surface area contributed by atoms with E-state index in [1.807, 2.05) is 32.9 Å². The lowest BCUT2D eigenvalue weighted by Gasteiger charge is -2.12. The summed E-state index contributed by atoms with van der Waals surface area (Å²) in [5.74, 6) is 0.0347. The van der Waals surface area contributed by atoms with Crippen molar-refractivity contribution in [3.05, 3.63) is 28.8 Å². The van der Waals surface area contributed by atoms with E-state index in [0.29, 0.717) is 13.0 Å². The lowest BCUT2D eigenvalue weighted by molar-refractivity contribution is -0.136. The molecule has 1 rings (SSSR count). The Kier molecular flexibility index (Phi) is 4.35. The second kappa shape index (κ2) is 5.54. The molecular weight excluding hydrogens is 204 g/mol. The van der Waals surface area contributed by atoms with Gasteiger partial charge in [0, 0.05) is 6.42 Å². The second-order valence-corrected chi connectivity index (χ2v) is 3.87. The molecule has 1 aromatic carbocycles. The van der Waals surface area contributed by atoms with Crippen LogP contribution >= 0.6 is 0 Å². The third kappa shape index (κ3) is 3.26. The van der Waals surface area contributed by atoms with E-state index in [2.05, 4.69) is 0 Å². The molecule has 0 fully saturated rings. The van der Waals surface area contributed by atoms with Gasteiger partial charge in [0.2, 0.25) is 0 Å². The van der Waals surface area contributed by atoms with Crippen molar-refractivity contribution in [1.82, 2.24) is 0 Å². The fourth-order valence-electron chi connectivity index (χ4n) is 1.58. The molecule has 1 aromatic rings. The van der Waals surface area contributed by atoms with Crippen molar-refractivity contribution < 1.29 is 14.6 Å². The Morgan fingerprint density at radius 3 is 2.50 bits per heavy atom. The molecule has 0 bridgehead atoms. The number of rotatable bonds is 5. The van der Waals surface area contributed by atoms with E-state index >= 15 is 0 Å². The SMILES string of the molecule is CCOc1cc(C)c(C)cc1CCC(=O)O. The van der Waals surface area contributed by atoms with Crippen LogP contribution < -0.4 is 4.74 Å². The van der Waals surface area contributed by atoms with Crippen LogP contribution in [0.1, 0.15) is 30.0 Å². The third-order valence-electron chi connectivity index (χ3n) is 2.58. The summed E-state index contributed by atoms with van der Waals surface area (Å²) in [6, 6.07) is 4.00. The Morgan fingerprint density at radius 2 is 1.94 bits per heavy atom. The summed E-state index contributed by atoms with van der Waals surface area (Å²) in [5, 5.41) is 8.68. The van der Waals surface area contributed by atoms with Crippen LogP contribution in [0.3, 0.4) is 0 Å². The van der Waals surface area contributed by atoms with E-state index in [0.717, 1.165) is 11.3 Å². The van der Waals surface area contributed by atoms with Crippen LogP contribution in [0.25, 0.3) is 0 Å². The predicted molar refractivity (Wildman–Crippen MR) is 63.0 cm³/mol. The van der Waals surface area contributed by atoms with E-state index in [1.54, 1.807) is 0 Å². The van der Waals surface area contributed by atoms with Crippen LogP contribution in [0.4, 0.5) is 0 Å². The fraction of sp³-hybridized carbons (Fsp3) is 0.462. The quantitative estimate of drug-likeness (QED) is 0.833. The molecule has 16 heavy (non-hydrogen) atoms. The summed E-state index contributed by atoms with van der Waals surface area (Å²) in [5.41, 5.74) is 3.32. The van der Waals surface area contributed by atoms with Crippen LogP contribution in [0.15, 0.2) is 12.1 Å². The highest BCUT2D eigenvalue weighted by atomic mass is 16.5. The molecule has 0 atom stereocenters. The molecular formula is C13H18O3. The van der Waals surface area contributed by atoms with Gasteiger partial charge in [-0.25, -0.2) is 0 Å². The molecule has 88 valence electrons. The summed E-state index contributed by atoms with van der Waals surface area (Å²) in [6.45, 7) is 6.58. The first-order valence-electron chi connectivity index (χ1n) is 5.49. The maximum Gasteiger partial charge on any atom is 0.303 e. The molecule has 3 nitrogen and oxygen atoms in total. The van der Waals surface area contributed by atoms with E-state index in [4.69, 9.17) is 9.84 Å². The minimum absolute atomic E-state index is 0.141. The van der Waals surface area contributed by atoms with E-state index in [9.17, 15) is 4.79 Å². The maximum absolute atomic E-state index is 10.6. The van der Waals surface area contributed by atoms with Crippen LogP contribution in [0.2, 0.25) is 0 Å². The van der Waals surface area contributed by atoms with Gasteiger partial charge in [0.15, 0.2) is 0 Å². The van der Waals surface area contributed by atoms with Crippen molar-refractivity contribution in [3.8, 4) is 5.75 Å². The van der Waals surface area contributed by atoms with Gasteiger partial charge in [0.05, 0.1) is 6.61 Å². The number of carboxylic acid groups (broad SMARTS) is 1. The summed E-state index contributed by atoms with van der Waals surface area (Å²) in [6.07, 6.45) is 0.661. The lowest BCUT2D eigenvalue weighted by Crippen LogP contribution is -2.02. The molecule has 0 saturated heterocycles. The van der Waals surface area contributed by atoms with Gasteiger partial charge >= 0.3 is 5.97 Å². The van der Waals surface area contributed by atoms with Gasteiger partial charge in [0.25, 0.3) is 0 Å². The van der Waals surface area contributed by atoms with Gasteiger partial charge in [-0.05, 0) is 49.9 Å². The molecule has 3 heteroatoms. The van der Waals surface area contributed by atoms with Crippen molar-refractivity contribution in [1.29, 1.82) is 0 Å². The normalized spacial score (nSPS) is 10.2. The number of carboxylic acids is 1. The Balaban J connectivity index is 2.94. The molecule has 0 heterocycles. The maximum atomic E-state index is 10.6. The first kappa shape index (κ1) is 12.6. The highest BCUT2D eigenvalue weighted by molar-refractivity contribution is 5.67. The topological polar surface area (TPSA) is 46.5 Å². The largest absolute Gasteiger partial charge is 0.494 e. The third-order valence-corrected chi connectivity index (χ3v) is 2.58. The zero-order chi connectivity index (χ0) is 12.1. The zero-order valence-corrected chi connectivity index (χ0v) is 10.0. The summed E-state index contributed by atoms with van der Waals surface area (Å²) >= 11 is 0. The van der Waals surface area contributed by atoms with Gasteiger partial charge in [-0.2, -0.15) is 0 Å². The molecule has 0 saturated carbocycles. The average molecular weight is 222 g/mol. The van der Waals surface area contributed by atoms with Crippen LogP contribution in [0, 0.1) is 13.8 Å². The monoisotopic (exact) mass is 222 g/mol. The second-order valence-electron chi connectivity index (χ2n) is 3.87. The number of benzene rings is 1. The van der Waals surface area contributed by atoms with Gasteiger partial charge in [-0.1, -0.05) is 6.07 Å². The van der Waals surface area contributed by atoms with E-state index < -0.39 is 5.97 Å². The number of hydrogen-bond donors (Lipinski definition) is 1. The number of ether oxygens (including phenoxy) is 1. The predicted octanol–water partition coefficient (Wildman–Crippen LogP) is 2.72. The Labute approximate surface area is 96.1 Å². The Bertz CT molecular complexity index is 383. The molecule has 0 radical (unpaired) electrons. The van der Waals surface area contributed by atoms with Gasteiger partial charge < -0.3 is 9.84 Å². The Hall–Kier alpha value is -1.51. The van der Waals surface area contributed by atoms with Crippen molar-refractivity contribution in [2.24, 2.45) is 0 Å². The minimum Gasteiger partial charge on any atom is -0.494 e. The zero-order valence-electron chi connectivity index (χ0n) is 10.0. The molecule has 1 N–H and O–H groups in total. The first-order valence-corrected chi connectivity index (χ1v) is 5.49. The van der Waals surface area contributed by atoms with Crippen LogP contribution in [-0.2, 0) is 11.2 Å². The molecule has 0 aliphatic rings. The van der Waals surface area contributed by atoms with E-state index in [1.165, 1.54) is 11.1 Å². The molecule has 0 spiro atoms. The summed E-state index contributed by atoms with van der Waals surface area (Å²) in [7, 11) is 0. The number of carbonyl (C=O) groups is 1. The number of hydrogen-bond acceptors (Lipinski definition) is 2. The number of aliphatic carboxylic acids is 1. The van der Waals surface area contributed by atoms with Crippen molar-refractivity contribution in [3.63, 3.8) is 0 Å².